The molecule has 0 bridgehead atoms. The number of carboxylic acid groups (broad SMARTS) is 1. The zero-order valence-electron chi connectivity index (χ0n) is 14.2. The Morgan fingerprint density at radius 1 is 0.704 bits per heavy atom. The highest BCUT2D eigenvalue weighted by atomic mass is 16.4. The number of benzene rings is 3. The van der Waals surface area contributed by atoms with Crippen LogP contribution in [0.5, 0.6) is 0 Å². The fourth-order valence-corrected chi connectivity index (χ4v) is 2.39. The van der Waals surface area contributed by atoms with Gasteiger partial charge in [-0.15, -0.1) is 0 Å². The van der Waals surface area contributed by atoms with Crippen molar-refractivity contribution in [3.63, 3.8) is 0 Å². The van der Waals surface area contributed by atoms with Gasteiger partial charge >= 0.3 is 5.97 Å². The van der Waals surface area contributed by atoms with Gasteiger partial charge in [0.05, 0.1) is 11.1 Å². The van der Waals surface area contributed by atoms with E-state index in [4.69, 9.17) is 10.4 Å². The molecule has 0 aliphatic carbocycles. The molecule has 0 unspecified atom stereocenters. The van der Waals surface area contributed by atoms with Crippen LogP contribution in [-0.2, 0) is 0 Å². The molecule has 0 aliphatic heterocycles. The van der Waals surface area contributed by atoms with E-state index in [1.165, 1.54) is 12.1 Å². The van der Waals surface area contributed by atoms with Crippen molar-refractivity contribution >= 4 is 5.97 Å². The van der Waals surface area contributed by atoms with Crippen molar-refractivity contribution in [3.05, 3.63) is 106 Å². The number of aromatic carboxylic acids is 1. The predicted molar refractivity (Wildman–Crippen MR) is 103 cm³/mol. The maximum Gasteiger partial charge on any atom is 0.335 e. The van der Waals surface area contributed by atoms with E-state index in [0.717, 1.165) is 11.1 Å². The Balaban J connectivity index is 1.95. The summed E-state index contributed by atoms with van der Waals surface area (Å²) < 4.78 is 0. The minimum Gasteiger partial charge on any atom is -0.478 e. The number of nitriles is 1. The van der Waals surface area contributed by atoms with Crippen molar-refractivity contribution in [2.45, 2.75) is 0 Å². The smallest absolute Gasteiger partial charge is 0.335 e. The number of hydrogen-bond donors (Lipinski definition) is 1. The number of rotatable bonds is 1. The fraction of sp³-hybridized carbons (Fsp3) is 0. The van der Waals surface area contributed by atoms with Gasteiger partial charge in [-0.3, -0.25) is 0 Å². The predicted octanol–water partition coefficient (Wildman–Crippen LogP) is 4.06. The standard InChI is InChI=1S/C24H13NO2/c25-17-23-10-4-3-9-21(23)15-14-20-8-2-1-7-19(20)13-12-18-6-5-11-22(16-18)24(26)27/h1-11,16H,(H,26,27). The second-order valence-electron chi connectivity index (χ2n) is 5.59. The third kappa shape index (κ3) is 4.43. The molecule has 0 heterocycles. The molecule has 1 N–H and O–H groups in total. The topological polar surface area (TPSA) is 61.1 Å². The summed E-state index contributed by atoms with van der Waals surface area (Å²) in [5.41, 5.74) is 3.48. The molecule has 0 spiro atoms. The molecule has 0 aliphatic rings. The lowest BCUT2D eigenvalue weighted by Gasteiger charge is -1.97. The number of carboxylic acids is 1. The molecular weight excluding hydrogens is 334 g/mol. The Bertz CT molecular complexity index is 1180. The van der Waals surface area contributed by atoms with Crippen LogP contribution >= 0.6 is 0 Å². The van der Waals surface area contributed by atoms with Gasteiger partial charge in [-0.25, -0.2) is 4.79 Å². The number of hydrogen-bond acceptors (Lipinski definition) is 2. The van der Waals surface area contributed by atoms with Gasteiger partial charge in [-0.2, -0.15) is 5.26 Å². The van der Waals surface area contributed by atoms with Crippen LogP contribution in [0.1, 0.15) is 38.2 Å². The van der Waals surface area contributed by atoms with Gasteiger partial charge in [0.1, 0.15) is 6.07 Å². The highest BCUT2D eigenvalue weighted by Gasteiger charge is 2.02. The molecule has 0 fully saturated rings. The molecule has 27 heavy (non-hydrogen) atoms. The van der Waals surface area contributed by atoms with Crippen LogP contribution in [0.2, 0.25) is 0 Å². The van der Waals surface area contributed by atoms with Crippen LogP contribution in [0.3, 0.4) is 0 Å². The summed E-state index contributed by atoms with van der Waals surface area (Å²) in [7, 11) is 0. The summed E-state index contributed by atoms with van der Waals surface area (Å²) in [5, 5.41) is 18.2. The molecule has 0 radical (unpaired) electrons. The van der Waals surface area contributed by atoms with Crippen LogP contribution in [0.25, 0.3) is 0 Å². The third-order valence-electron chi connectivity index (χ3n) is 3.76. The molecule has 0 atom stereocenters. The van der Waals surface area contributed by atoms with Gasteiger partial charge < -0.3 is 5.11 Å². The van der Waals surface area contributed by atoms with E-state index in [-0.39, 0.29) is 5.56 Å². The second kappa shape index (κ2) is 8.21. The molecule has 0 saturated heterocycles. The Kier molecular flexibility index (Phi) is 5.34. The Morgan fingerprint density at radius 3 is 1.78 bits per heavy atom. The first-order chi connectivity index (χ1) is 13.2. The first kappa shape index (κ1) is 17.6. The first-order valence-electron chi connectivity index (χ1n) is 8.13. The van der Waals surface area contributed by atoms with E-state index >= 15 is 0 Å². The molecular formula is C24H13NO2. The summed E-state index contributed by atoms with van der Waals surface area (Å²) in [4.78, 5) is 11.1. The SMILES string of the molecule is N#Cc1ccccc1C#Cc1ccccc1C#Cc1cccc(C(=O)O)c1. The molecule has 3 nitrogen and oxygen atoms in total. The molecule has 3 heteroatoms. The summed E-state index contributed by atoms with van der Waals surface area (Å²) in [6, 6.07) is 23.2. The van der Waals surface area contributed by atoms with E-state index in [0.29, 0.717) is 16.7 Å². The van der Waals surface area contributed by atoms with Crippen LogP contribution < -0.4 is 0 Å². The van der Waals surface area contributed by atoms with Crippen molar-refractivity contribution in [2.24, 2.45) is 0 Å². The average Bonchev–Trinajstić information content (AvgIpc) is 2.71. The van der Waals surface area contributed by atoms with Crippen LogP contribution in [-0.4, -0.2) is 11.1 Å². The van der Waals surface area contributed by atoms with Crippen LogP contribution in [0.15, 0.2) is 72.8 Å². The van der Waals surface area contributed by atoms with Crippen molar-refractivity contribution < 1.29 is 9.90 Å². The van der Waals surface area contributed by atoms with Gasteiger partial charge in [-0.05, 0) is 42.5 Å². The quantitative estimate of drug-likeness (QED) is 0.676. The minimum atomic E-state index is -0.985. The normalized spacial score (nSPS) is 9.15. The Morgan fingerprint density at radius 2 is 1.22 bits per heavy atom. The fourth-order valence-electron chi connectivity index (χ4n) is 2.39. The maximum absolute atomic E-state index is 11.1. The van der Waals surface area contributed by atoms with E-state index in [9.17, 15) is 4.79 Å². The lowest BCUT2D eigenvalue weighted by Crippen LogP contribution is -1.95. The van der Waals surface area contributed by atoms with Crippen molar-refractivity contribution in [1.29, 1.82) is 5.26 Å². The summed E-state index contributed by atoms with van der Waals surface area (Å²) in [6.45, 7) is 0. The number of carbonyl (C=O) groups is 1. The highest BCUT2D eigenvalue weighted by Crippen LogP contribution is 2.10. The lowest BCUT2D eigenvalue weighted by molar-refractivity contribution is 0.0697. The van der Waals surface area contributed by atoms with E-state index in [2.05, 4.69) is 29.8 Å². The van der Waals surface area contributed by atoms with Crippen LogP contribution in [0.4, 0.5) is 0 Å². The van der Waals surface area contributed by atoms with Crippen molar-refractivity contribution in [2.75, 3.05) is 0 Å². The largest absolute Gasteiger partial charge is 0.478 e. The monoisotopic (exact) mass is 347 g/mol. The van der Waals surface area contributed by atoms with Crippen molar-refractivity contribution in [1.82, 2.24) is 0 Å². The Hall–Kier alpha value is -4.26. The van der Waals surface area contributed by atoms with Gasteiger partial charge in [0, 0.05) is 22.3 Å². The van der Waals surface area contributed by atoms with Crippen molar-refractivity contribution in [3.8, 4) is 29.8 Å². The molecule has 3 rings (SSSR count). The summed E-state index contributed by atoms with van der Waals surface area (Å²) >= 11 is 0. The molecule has 0 aromatic heterocycles. The van der Waals surface area contributed by atoms with Crippen LogP contribution in [0, 0.1) is 35.0 Å². The second-order valence-corrected chi connectivity index (χ2v) is 5.59. The zero-order chi connectivity index (χ0) is 19.1. The Labute approximate surface area is 157 Å². The molecule has 0 saturated carbocycles. The maximum atomic E-state index is 11.1. The number of nitrogens with zero attached hydrogens (tertiary/aromatic N) is 1. The van der Waals surface area contributed by atoms with Gasteiger partial charge in [-0.1, -0.05) is 54.0 Å². The molecule has 3 aromatic carbocycles. The van der Waals surface area contributed by atoms with Gasteiger partial charge in [0.25, 0.3) is 0 Å². The van der Waals surface area contributed by atoms with Gasteiger partial charge in [0.15, 0.2) is 0 Å². The first-order valence-corrected chi connectivity index (χ1v) is 8.13. The zero-order valence-corrected chi connectivity index (χ0v) is 14.2. The summed E-state index contributed by atoms with van der Waals surface area (Å²) in [6.07, 6.45) is 0. The highest BCUT2D eigenvalue weighted by molar-refractivity contribution is 5.88. The average molecular weight is 347 g/mol. The molecule has 0 amide bonds. The van der Waals surface area contributed by atoms with E-state index in [1.54, 1.807) is 30.3 Å². The molecule has 3 aromatic rings. The third-order valence-corrected chi connectivity index (χ3v) is 3.76. The lowest BCUT2D eigenvalue weighted by atomic mass is 10.1. The van der Waals surface area contributed by atoms with E-state index in [1.807, 2.05) is 30.3 Å². The minimum absolute atomic E-state index is 0.197. The van der Waals surface area contributed by atoms with E-state index < -0.39 is 5.97 Å². The molecule has 126 valence electrons. The summed E-state index contributed by atoms with van der Waals surface area (Å²) in [5.74, 6) is 11.1. The van der Waals surface area contributed by atoms with Gasteiger partial charge in [0.2, 0.25) is 0 Å².